The molecule has 2 aromatic carbocycles. The molecule has 0 aliphatic carbocycles. The number of hydrogen-bond acceptors (Lipinski definition) is 5. The number of carbonyl (C=O) groups excluding carboxylic acids is 2. The number of cyclic esters (lactones) is 1. The fraction of sp³-hybridized carbons (Fsp3) is 0.304. The summed E-state index contributed by atoms with van der Waals surface area (Å²) in [6, 6.07) is 15.1. The zero-order chi connectivity index (χ0) is 22.2. The molecule has 4 atom stereocenters. The summed E-state index contributed by atoms with van der Waals surface area (Å²) < 4.78 is 32.2. The lowest BCUT2D eigenvalue weighted by Gasteiger charge is -2.18. The summed E-state index contributed by atoms with van der Waals surface area (Å²) in [6.45, 7) is 3.82. The number of nitrogens with zero attached hydrogens (tertiary/aromatic N) is 2. The molecule has 7 nitrogen and oxygen atoms in total. The van der Waals surface area contributed by atoms with Crippen molar-refractivity contribution in [2.75, 3.05) is 6.61 Å². The minimum atomic E-state index is -3.64. The molecule has 2 heterocycles. The van der Waals surface area contributed by atoms with Crippen LogP contribution in [0.1, 0.15) is 18.1 Å². The van der Waals surface area contributed by atoms with Gasteiger partial charge in [0, 0.05) is 12.1 Å². The van der Waals surface area contributed by atoms with Crippen LogP contribution in [0.25, 0.3) is 0 Å². The maximum Gasteiger partial charge on any atom is 0.417 e. The van der Waals surface area contributed by atoms with Crippen LogP contribution in [-0.2, 0) is 26.0 Å². The van der Waals surface area contributed by atoms with Crippen molar-refractivity contribution in [2.24, 2.45) is 0 Å². The van der Waals surface area contributed by atoms with Gasteiger partial charge >= 0.3 is 6.09 Å². The summed E-state index contributed by atoms with van der Waals surface area (Å²) in [6.07, 6.45) is 2.64. The lowest BCUT2D eigenvalue weighted by atomic mass is 10.1. The van der Waals surface area contributed by atoms with Gasteiger partial charge < -0.3 is 4.74 Å². The maximum absolute atomic E-state index is 12.9. The van der Waals surface area contributed by atoms with E-state index < -0.39 is 34.1 Å². The number of rotatable bonds is 6. The second kappa shape index (κ2) is 8.28. The first-order valence-electron chi connectivity index (χ1n) is 10.1. The van der Waals surface area contributed by atoms with Gasteiger partial charge in [0.1, 0.15) is 6.61 Å². The molecule has 162 valence electrons. The van der Waals surface area contributed by atoms with Crippen molar-refractivity contribution in [1.29, 1.82) is 0 Å². The van der Waals surface area contributed by atoms with E-state index in [9.17, 15) is 18.0 Å². The number of ether oxygens (including phenoxy) is 1. The first kappa shape index (κ1) is 21.3. The summed E-state index contributed by atoms with van der Waals surface area (Å²) in [5, 5.41) is 0. The third-order valence-electron chi connectivity index (χ3n) is 5.64. The van der Waals surface area contributed by atoms with Crippen molar-refractivity contribution in [3.8, 4) is 0 Å². The number of sulfonamides is 1. The highest BCUT2D eigenvalue weighted by Crippen LogP contribution is 2.36. The summed E-state index contributed by atoms with van der Waals surface area (Å²) in [5.41, 5.74) is 1.97. The molecule has 0 N–H and O–H groups in total. The normalized spacial score (nSPS) is 25.6. The Morgan fingerprint density at radius 2 is 1.81 bits per heavy atom. The van der Waals surface area contributed by atoms with Crippen LogP contribution in [0.2, 0.25) is 0 Å². The van der Waals surface area contributed by atoms with E-state index in [0.717, 1.165) is 16.0 Å². The molecular formula is C23H24N2O5S. The van der Waals surface area contributed by atoms with Gasteiger partial charge in [0.2, 0.25) is 10.0 Å². The Bertz CT molecular complexity index is 1110. The third-order valence-corrected chi connectivity index (χ3v) is 7.64. The van der Waals surface area contributed by atoms with Crippen LogP contribution in [-0.4, -0.2) is 54.4 Å². The van der Waals surface area contributed by atoms with Crippen molar-refractivity contribution >= 4 is 22.0 Å². The number of imide groups is 1. The molecule has 2 aliphatic heterocycles. The molecule has 0 radical (unpaired) electrons. The van der Waals surface area contributed by atoms with Crippen LogP contribution >= 0.6 is 0 Å². The molecule has 1 unspecified atom stereocenters. The van der Waals surface area contributed by atoms with Crippen molar-refractivity contribution < 1.29 is 22.7 Å². The van der Waals surface area contributed by atoms with Gasteiger partial charge in [0.25, 0.3) is 5.91 Å². The number of carbonyl (C=O) groups is 2. The van der Waals surface area contributed by atoms with E-state index >= 15 is 0 Å². The van der Waals surface area contributed by atoms with Gasteiger partial charge in [0.05, 0.1) is 17.0 Å². The molecule has 0 spiro atoms. The van der Waals surface area contributed by atoms with Crippen LogP contribution in [0.3, 0.4) is 0 Å². The minimum absolute atomic E-state index is 0.140. The molecule has 31 heavy (non-hydrogen) atoms. The molecule has 2 saturated heterocycles. The Hall–Kier alpha value is -2.97. The smallest absolute Gasteiger partial charge is 0.417 e. The van der Waals surface area contributed by atoms with E-state index in [1.807, 2.05) is 37.3 Å². The summed E-state index contributed by atoms with van der Waals surface area (Å²) in [4.78, 5) is 26.2. The standard InChI is InChI=1S/C23H24N2O5S/c1-16-8-10-20(11-9-16)31(28,29)25-17(2)21(25)12-13-22(26)24-19(15-30-23(24)27)14-18-6-4-3-5-7-18/h3-13,17,19,21H,14-15H2,1-2H3/b13-12+/t17-,19+,21-,25?/m1/s1. The highest BCUT2D eigenvalue weighted by molar-refractivity contribution is 7.89. The second-order valence-corrected chi connectivity index (χ2v) is 9.71. The SMILES string of the molecule is Cc1ccc(S(=O)(=O)N2[C@H](C)[C@H]2/C=C/C(=O)N2C(=O)OC[C@@H]2Cc2ccccc2)cc1. The largest absolute Gasteiger partial charge is 0.447 e. The maximum atomic E-state index is 12.9. The van der Waals surface area contributed by atoms with Gasteiger partial charge in [-0.1, -0.05) is 54.1 Å². The Labute approximate surface area is 182 Å². The molecule has 0 aromatic heterocycles. The van der Waals surface area contributed by atoms with Crippen molar-refractivity contribution in [1.82, 2.24) is 9.21 Å². The molecule has 8 heteroatoms. The van der Waals surface area contributed by atoms with Crippen LogP contribution in [0, 0.1) is 6.92 Å². The fourth-order valence-electron chi connectivity index (χ4n) is 3.83. The van der Waals surface area contributed by atoms with E-state index in [4.69, 9.17) is 4.74 Å². The third kappa shape index (κ3) is 4.26. The van der Waals surface area contributed by atoms with Crippen molar-refractivity contribution in [3.63, 3.8) is 0 Å². The average Bonchev–Trinajstić information content (AvgIpc) is 3.27. The van der Waals surface area contributed by atoms with Crippen LogP contribution in [0.5, 0.6) is 0 Å². The summed E-state index contributed by atoms with van der Waals surface area (Å²) in [5.74, 6) is -0.504. The zero-order valence-corrected chi connectivity index (χ0v) is 18.2. The highest BCUT2D eigenvalue weighted by Gasteiger charge is 2.51. The van der Waals surface area contributed by atoms with Gasteiger partial charge in [-0.25, -0.2) is 18.1 Å². The van der Waals surface area contributed by atoms with E-state index in [1.54, 1.807) is 37.3 Å². The number of benzene rings is 2. The predicted molar refractivity (Wildman–Crippen MR) is 115 cm³/mol. The molecule has 0 bridgehead atoms. The summed E-state index contributed by atoms with van der Waals surface area (Å²) in [7, 11) is -3.64. The van der Waals surface area contributed by atoms with Crippen LogP contribution in [0.15, 0.2) is 71.6 Å². The highest BCUT2D eigenvalue weighted by atomic mass is 32.2. The molecular weight excluding hydrogens is 416 g/mol. The molecule has 2 amide bonds. The Balaban J connectivity index is 1.45. The van der Waals surface area contributed by atoms with Gasteiger partial charge in [-0.05, 0) is 38.0 Å². The monoisotopic (exact) mass is 440 g/mol. The van der Waals surface area contributed by atoms with Crippen molar-refractivity contribution in [3.05, 3.63) is 77.9 Å². The second-order valence-electron chi connectivity index (χ2n) is 7.87. The zero-order valence-electron chi connectivity index (χ0n) is 17.3. The van der Waals surface area contributed by atoms with Gasteiger partial charge in [0.15, 0.2) is 0 Å². The molecule has 0 saturated carbocycles. The quantitative estimate of drug-likeness (QED) is 0.509. The van der Waals surface area contributed by atoms with Crippen molar-refractivity contribution in [2.45, 2.75) is 43.3 Å². The van der Waals surface area contributed by atoms with Gasteiger partial charge in [-0.15, -0.1) is 0 Å². The lowest BCUT2D eigenvalue weighted by molar-refractivity contribution is -0.124. The Morgan fingerprint density at radius 1 is 1.13 bits per heavy atom. The van der Waals surface area contributed by atoms with Crippen LogP contribution < -0.4 is 0 Å². The first-order valence-corrected chi connectivity index (χ1v) is 11.6. The molecule has 2 fully saturated rings. The fourth-order valence-corrected chi connectivity index (χ4v) is 5.63. The number of amides is 2. The number of aryl methyl sites for hydroxylation is 1. The van der Waals surface area contributed by atoms with E-state index in [-0.39, 0.29) is 17.5 Å². The average molecular weight is 441 g/mol. The van der Waals surface area contributed by atoms with E-state index in [1.165, 1.54) is 10.4 Å². The summed E-state index contributed by atoms with van der Waals surface area (Å²) >= 11 is 0. The topological polar surface area (TPSA) is 83.8 Å². The molecule has 4 rings (SSSR count). The van der Waals surface area contributed by atoms with Crippen LogP contribution in [0.4, 0.5) is 4.79 Å². The van der Waals surface area contributed by atoms with Gasteiger partial charge in [-0.2, -0.15) is 4.31 Å². The Morgan fingerprint density at radius 3 is 2.48 bits per heavy atom. The van der Waals surface area contributed by atoms with E-state index in [2.05, 4.69) is 0 Å². The van der Waals surface area contributed by atoms with Gasteiger partial charge in [-0.3, -0.25) is 4.79 Å². The number of hydrogen-bond donors (Lipinski definition) is 0. The minimum Gasteiger partial charge on any atom is -0.447 e. The Kier molecular flexibility index (Phi) is 5.68. The molecule has 2 aliphatic rings. The first-order chi connectivity index (χ1) is 14.8. The molecule has 2 aromatic rings. The predicted octanol–water partition coefficient (Wildman–Crippen LogP) is 2.90. The van der Waals surface area contributed by atoms with E-state index in [0.29, 0.717) is 6.42 Å². The lowest BCUT2D eigenvalue weighted by Crippen LogP contribution is -2.39.